The molecule has 1 fully saturated rings. The molecular formula is C15H24ClN3O. The summed E-state index contributed by atoms with van der Waals surface area (Å²) in [6.07, 6.45) is 6.66. The van der Waals surface area contributed by atoms with Crippen LogP contribution in [0, 0.1) is 11.8 Å². The Labute approximate surface area is 126 Å². The summed E-state index contributed by atoms with van der Waals surface area (Å²) in [6, 6.07) is 3.50. The smallest absolute Gasteiger partial charge is 0.251 e. The lowest BCUT2D eigenvalue weighted by Gasteiger charge is -2.26. The van der Waals surface area contributed by atoms with Crippen LogP contribution >= 0.6 is 12.4 Å². The molecule has 2 rings (SSSR count). The van der Waals surface area contributed by atoms with Crippen LogP contribution < -0.4 is 11.1 Å². The van der Waals surface area contributed by atoms with E-state index in [0.717, 1.165) is 18.2 Å². The van der Waals surface area contributed by atoms with Crippen LogP contribution in [0.2, 0.25) is 0 Å². The Balaban J connectivity index is 0.00000200. The average Bonchev–Trinajstić information content (AvgIpc) is 2.46. The van der Waals surface area contributed by atoms with Gasteiger partial charge < -0.3 is 11.1 Å². The third-order valence-electron chi connectivity index (χ3n) is 3.97. The first kappa shape index (κ1) is 16.9. The first-order valence-corrected chi connectivity index (χ1v) is 7.12. The van der Waals surface area contributed by atoms with Gasteiger partial charge in [-0.3, -0.25) is 9.78 Å². The number of hydrogen-bond donors (Lipinski definition) is 2. The molecule has 1 aromatic heterocycles. The zero-order valence-corrected chi connectivity index (χ0v) is 12.8. The second kappa shape index (κ2) is 8.22. The van der Waals surface area contributed by atoms with E-state index in [1.54, 1.807) is 18.3 Å². The molecule has 0 aliphatic heterocycles. The number of aromatic nitrogens is 1. The van der Waals surface area contributed by atoms with Gasteiger partial charge >= 0.3 is 0 Å². The summed E-state index contributed by atoms with van der Waals surface area (Å²) in [5.41, 5.74) is 6.93. The van der Waals surface area contributed by atoms with E-state index in [-0.39, 0.29) is 18.3 Å². The van der Waals surface area contributed by atoms with E-state index in [1.807, 2.05) is 0 Å². The van der Waals surface area contributed by atoms with E-state index < -0.39 is 0 Å². The summed E-state index contributed by atoms with van der Waals surface area (Å²) >= 11 is 0. The number of pyridine rings is 1. The van der Waals surface area contributed by atoms with E-state index in [2.05, 4.69) is 17.2 Å². The second-order valence-electron chi connectivity index (χ2n) is 5.58. The summed E-state index contributed by atoms with van der Waals surface area (Å²) in [7, 11) is 0. The first-order chi connectivity index (χ1) is 9.19. The lowest BCUT2D eigenvalue weighted by Crippen LogP contribution is -2.31. The van der Waals surface area contributed by atoms with E-state index in [1.165, 1.54) is 25.7 Å². The van der Waals surface area contributed by atoms with Crippen LogP contribution in [0.5, 0.6) is 0 Å². The van der Waals surface area contributed by atoms with Crippen molar-refractivity contribution in [1.29, 1.82) is 0 Å². The van der Waals surface area contributed by atoms with Crippen molar-refractivity contribution in [2.75, 3.05) is 6.54 Å². The molecule has 1 amide bonds. The molecular weight excluding hydrogens is 274 g/mol. The average molecular weight is 298 g/mol. The predicted molar refractivity (Wildman–Crippen MR) is 82.8 cm³/mol. The molecule has 0 spiro atoms. The van der Waals surface area contributed by atoms with Crippen LogP contribution in [0.15, 0.2) is 18.3 Å². The van der Waals surface area contributed by atoms with Gasteiger partial charge in [-0.15, -0.1) is 12.4 Å². The number of carbonyl (C=O) groups excluding carboxylic acids is 1. The Hall–Kier alpha value is -1.13. The van der Waals surface area contributed by atoms with Gasteiger partial charge in [-0.1, -0.05) is 19.8 Å². The van der Waals surface area contributed by atoms with Crippen molar-refractivity contribution in [3.05, 3.63) is 29.6 Å². The molecule has 1 aliphatic carbocycles. The van der Waals surface area contributed by atoms with Gasteiger partial charge in [-0.05, 0) is 36.8 Å². The van der Waals surface area contributed by atoms with Crippen molar-refractivity contribution >= 4 is 18.3 Å². The fourth-order valence-corrected chi connectivity index (χ4v) is 2.60. The molecule has 1 aliphatic rings. The monoisotopic (exact) mass is 297 g/mol. The lowest BCUT2D eigenvalue weighted by atomic mass is 9.83. The molecule has 20 heavy (non-hydrogen) atoms. The van der Waals surface area contributed by atoms with Gasteiger partial charge in [0.25, 0.3) is 5.91 Å². The summed E-state index contributed by atoms with van der Waals surface area (Å²) in [5, 5.41) is 3.03. The highest BCUT2D eigenvalue weighted by atomic mass is 35.5. The van der Waals surface area contributed by atoms with Crippen LogP contribution in [0.1, 0.15) is 48.7 Å². The molecule has 1 saturated carbocycles. The Morgan fingerprint density at radius 3 is 2.75 bits per heavy atom. The van der Waals surface area contributed by atoms with Crippen molar-refractivity contribution < 1.29 is 4.79 Å². The SMILES string of the molecule is CC1CCC(CNC(=O)c2ccnc(CN)c2)CC1.Cl. The van der Waals surface area contributed by atoms with Crippen molar-refractivity contribution in [3.63, 3.8) is 0 Å². The van der Waals surface area contributed by atoms with Gasteiger partial charge in [0.1, 0.15) is 0 Å². The maximum atomic E-state index is 12.0. The van der Waals surface area contributed by atoms with Crippen LogP contribution in [0.3, 0.4) is 0 Å². The number of rotatable bonds is 4. The molecule has 0 radical (unpaired) electrons. The van der Waals surface area contributed by atoms with E-state index in [4.69, 9.17) is 5.73 Å². The van der Waals surface area contributed by atoms with Gasteiger partial charge in [-0.25, -0.2) is 0 Å². The fourth-order valence-electron chi connectivity index (χ4n) is 2.60. The molecule has 4 nitrogen and oxygen atoms in total. The number of amides is 1. The van der Waals surface area contributed by atoms with Crippen molar-refractivity contribution in [2.45, 2.75) is 39.2 Å². The molecule has 0 aromatic carbocycles. The van der Waals surface area contributed by atoms with Gasteiger partial charge in [0, 0.05) is 24.8 Å². The molecule has 3 N–H and O–H groups in total. The van der Waals surface area contributed by atoms with Gasteiger partial charge in [0.2, 0.25) is 0 Å². The lowest BCUT2D eigenvalue weighted by molar-refractivity contribution is 0.0941. The molecule has 0 bridgehead atoms. The minimum Gasteiger partial charge on any atom is -0.352 e. The number of nitrogens with one attached hydrogen (secondary N) is 1. The summed E-state index contributed by atoms with van der Waals surface area (Å²) in [6.45, 7) is 3.45. The Kier molecular flexibility index (Phi) is 6.96. The largest absolute Gasteiger partial charge is 0.352 e. The summed E-state index contributed by atoms with van der Waals surface area (Å²) in [4.78, 5) is 16.1. The topological polar surface area (TPSA) is 68.0 Å². The molecule has 1 heterocycles. The molecule has 112 valence electrons. The standard InChI is InChI=1S/C15H23N3O.ClH/c1-11-2-4-12(5-3-11)10-18-15(19)13-6-7-17-14(8-13)9-16;/h6-8,11-12H,2-5,9-10,16H2,1H3,(H,18,19);1H. The van der Waals surface area contributed by atoms with E-state index >= 15 is 0 Å². The zero-order chi connectivity index (χ0) is 13.7. The Morgan fingerprint density at radius 2 is 2.10 bits per heavy atom. The number of halogens is 1. The Bertz CT molecular complexity index is 431. The molecule has 5 heteroatoms. The van der Waals surface area contributed by atoms with Gasteiger partial charge in [0.15, 0.2) is 0 Å². The first-order valence-electron chi connectivity index (χ1n) is 7.12. The second-order valence-corrected chi connectivity index (χ2v) is 5.58. The van der Waals surface area contributed by atoms with E-state index in [0.29, 0.717) is 18.0 Å². The summed E-state index contributed by atoms with van der Waals surface area (Å²) < 4.78 is 0. The predicted octanol–water partition coefficient (Wildman–Crippen LogP) is 2.52. The molecule has 1 aromatic rings. The minimum absolute atomic E-state index is 0. The third-order valence-corrected chi connectivity index (χ3v) is 3.97. The van der Waals surface area contributed by atoms with Crippen LogP contribution in [-0.4, -0.2) is 17.4 Å². The van der Waals surface area contributed by atoms with Crippen LogP contribution in [-0.2, 0) is 6.54 Å². The maximum absolute atomic E-state index is 12.0. The van der Waals surface area contributed by atoms with E-state index in [9.17, 15) is 4.79 Å². The highest BCUT2D eigenvalue weighted by Gasteiger charge is 2.18. The number of carbonyl (C=O) groups is 1. The Morgan fingerprint density at radius 1 is 1.40 bits per heavy atom. The highest BCUT2D eigenvalue weighted by molar-refractivity contribution is 5.94. The molecule has 0 atom stereocenters. The molecule has 0 saturated heterocycles. The third kappa shape index (κ3) is 4.76. The highest BCUT2D eigenvalue weighted by Crippen LogP contribution is 2.27. The van der Waals surface area contributed by atoms with Crippen molar-refractivity contribution in [3.8, 4) is 0 Å². The maximum Gasteiger partial charge on any atom is 0.251 e. The summed E-state index contributed by atoms with van der Waals surface area (Å²) in [5.74, 6) is 1.46. The normalized spacial score (nSPS) is 21.9. The van der Waals surface area contributed by atoms with Gasteiger partial charge in [0.05, 0.1) is 5.69 Å². The quantitative estimate of drug-likeness (QED) is 0.897. The fraction of sp³-hybridized carbons (Fsp3) is 0.600. The van der Waals surface area contributed by atoms with Crippen LogP contribution in [0.4, 0.5) is 0 Å². The van der Waals surface area contributed by atoms with Crippen molar-refractivity contribution in [2.24, 2.45) is 17.6 Å². The van der Waals surface area contributed by atoms with Crippen molar-refractivity contribution in [1.82, 2.24) is 10.3 Å². The van der Waals surface area contributed by atoms with Gasteiger partial charge in [-0.2, -0.15) is 0 Å². The minimum atomic E-state index is -0.0179. The number of hydrogen-bond acceptors (Lipinski definition) is 3. The molecule has 0 unspecified atom stereocenters. The number of nitrogens with zero attached hydrogens (tertiary/aromatic N) is 1. The zero-order valence-electron chi connectivity index (χ0n) is 12.0. The number of nitrogens with two attached hydrogens (primary N) is 1. The van der Waals surface area contributed by atoms with Crippen LogP contribution in [0.25, 0.3) is 0 Å².